The Bertz CT molecular complexity index is 443. The average Bonchev–Trinajstić information content (AvgIpc) is 2.26. The van der Waals surface area contributed by atoms with Crippen LogP contribution >= 0.6 is 0 Å². The maximum absolute atomic E-state index is 12.4. The predicted molar refractivity (Wildman–Crippen MR) is 67.8 cm³/mol. The molecule has 1 unspecified atom stereocenters. The summed E-state index contributed by atoms with van der Waals surface area (Å²) in [5.74, 6) is -0.240. The molecule has 106 valence electrons. The molecule has 1 aromatic rings. The van der Waals surface area contributed by atoms with Gasteiger partial charge in [0, 0.05) is 18.0 Å². The van der Waals surface area contributed by atoms with Gasteiger partial charge in [-0.25, -0.2) is 0 Å². The van der Waals surface area contributed by atoms with Gasteiger partial charge in [0.2, 0.25) is 0 Å². The highest BCUT2D eigenvalue weighted by Crippen LogP contribution is 2.29. The van der Waals surface area contributed by atoms with Crippen LogP contribution in [0, 0.1) is 5.41 Å². The summed E-state index contributed by atoms with van der Waals surface area (Å²) in [7, 11) is 0. The van der Waals surface area contributed by atoms with E-state index in [1.807, 2.05) is 20.8 Å². The maximum atomic E-state index is 12.4. The minimum atomic E-state index is -4.39. The van der Waals surface area contributed by atoms with Crippen LogP contribution in [0.1, 0.15) is 43.1 Å². The quantitative estimate of drug-likeness (QED) is 0.854. The molecular weight excluding hydrogens is 255 g/mol. The zero-order chi connectivity index (χ0) is 14.8. The summed E-state index contributed by atoms with van der Waals surface area (Å²) in [4.78, 5) is 11.9. The molecule has 0 heterocycles. The van der Waals surface area contributed by atoms with Gasteiger partial charge in [0.15, 0.2) is 5.78 Å². The van der Waals surface area contributed by atoms with E-state index in [1.165, 1.54) is 12.1 Å². The van der Waals surface area contributed by atoms with Crippen molar-refractivity contribution in [1.82, 2.24) is 0 Å². The summed E-state index contributed by atoms with van der Waals surface area (Å²) in [5, 5.41) is 0. The Kier molecular flexibility index (Phi) is 4.40. The van der Waals surface area contributed by atoms with Crippen LogP contribution in [0.2, 0.25) is 0 Å². The zero-order valence-corrected chi connectivity index (χ0v) is 11.2. The van der Waals surface area contributed by atoms with E-state index >= 15 is 0 Å². The number of benzene rings is 1. The van der Waals surface area contributed by atoms with Gasteiger partial charge < -0.3 is 5.73 Å². The number of carbonyl (C=O) groups excluding carboxylic acids is 1. The van der Waals surface area contributed by atoms with Crippen molar-refractivity contribution in [2.24, 2.45) is 11.1 Å². The fourth-order valence-corrected chi connectivity index (χ4v) is 1.47. The van der Waals surface area contributed by atoms with Crippen LogP contribution in [0.4, 0.5) is 13.2 Å². The monoisotopic (exact) mass is 273 g/mol. The van der Waals surface area contributed by atoms with Crippen LogP contribution in [0.15, 0.2) is 24.3 Å². The number of rotatable bonds is 3. The molecule has 0 aliphatic rings. The van der Waals surface area contributed by atoms with E-state index in [-0.39, 0.29) is 29.2 Å². The van der Waals surface area contributed by atoms with Crippen LogP contribution in [0.25, 0.3) is 0 Å². The number of carbonyl (C=O) groups is 1. The molecule has 0 aliphatic carbocycles. The van der Waals surface area contributed by atoms with Crippen LogP contribution in [-0.4, -0.2) is 11.8 Å². The Morgan fingerprint density at radius 1 is 1.16 bits per heavy atom. The van der Waals surface area contributed by atoms with E-state index in [1.54, 1.807) is 0 Å². The summed E-state index contributed by atoms with van der Waals surface area (Å²) >= 11 is 0. The van der Waals surface area contributed by atoms with E-state index < -0.39 is 11.7 Å². The standard InChI is InChI=1S/C14H18F3NO/c1-13(2,3)12(18)8-11(19)9-4-6-10(7-5-9)14(15,16)17/h4-7,12H,8,18H2,1-3H3. The Morgan fingerprint density at radius 2 is 1.63 bits per heavy atom. The molecule has 0 spiro atoms. The van der Waals surface area contributed by atoms with E-state index in [4.69, 9.17) is 5.73 Å². The van der Waals surface area contributed by atoms with Crippen molar-refractivity contribution in [3.05, 3.63) is 35.4 Å². The van der Waals surface area contributed by atoms with Gasteiger partial charge in [-0.15, -0.1) is 0 Å². The van der Waals surface area contributed by atoms with Gasteiger partial charge in [-0.3, -0.25) is 4.79 Å². The first-order valence-corrected chi connectivity index (χ1v) is 5.98. The van der Waals surface area contributed by atoms with Crippen LogP contribution < -0.4 is 5.73 Å². The highest BCUT2D eigenvalue weighted by atomic mass is 19.4. The van der Waals surface area contributed by atoms with E-state index in [0.29, 0.717) is 0 Å². The van der Waals surface area contributed by atoms with Gasteiger partial charge in [0.1, 0.15) is 0 Å². The van der Waals surface area contributed by atoms with Gasteiger partial charge in [0.05, 0.1) is 5.56 Å². The number of hydrogen-bond acceptors (Lipinski definition) is 2. The van der Waals surface area contributed by atoms with Crippen LogP contribution in [-0.2, 0) is 6.18 Å². The molecule has 1 rings (SSSR count). The summed E-state index contributed by atoms with van der Waals surface area (Å²) in [6.45, 7) is 5.74. The first-order chi connectivity index (χ1) is 8.51. The van der Waals surface area contributed by atoms with Crippen LogP contribution in [0.3, 0.4) is 0 Å². The second kappa shape index (κ2) is 5.33. The fourth-order valence-electron chi connectivity index (χ4n) is 1.47. The van der Waals surface area contributed by atoms with E-state index in [0.717, 1.165) is 12.1 Å². The number of hydrogen-bond donors (Lipinski definition) is 1. The van der Waals surface area contributed by atoms with Gasteiger partial charge in [-0.1, -0.05) is 32.9 Å². The number of halogens is 3. The topological polar surface area (TPSA) is 43.1 Å². The number of ketones is 1. The molecule has 0 aliphatic heterocycles. The minimum absolute atomic E-state index is 0.120. The Labute approximate surface area is 110 Å². The van der Waals surface area contributed by atoms with Crippen molar-refractivity contribution in [2.75, 3.05) is 0 Å². The molecule has 0 fully saturated rings. The highest BCUT2D eigenvalue weighted by molar-refractivity contribution is 5.96. The summed E-state index contributed by atoms with van der Waals surface area (Å²) < 4.78 is 37.1. The third-order valence-electron chi connectivity index (χ3n) is 3.05. The van der Waals surface area contributed by atoms with E-state index in [2.05, 4.69) is 0 Å². The molecule has 2 nitrogen and oxygen atoms in total. The number of Topliss-reactive ketones (excluding diaryl/α,β-unsaturated/α-hetero) is 1. The van der Waals surface area contributed by atoms with Crippen molar-refractivity contribution in [3.63, 3.8) is 0 Å². The summed E-state index contributed by atoms with van der Waals surface area (Å²) in [6.07, 6.45) is -4.27. The normalized spacial score (nSPS) is 14.3. The van der Waals surface area contributed by atoms with Gasteiger partial charge >= 0.3 is 6.18 Å². The predicted octanol–water partition coefficient (Wildman–Crippen LogP) is 3.65. The summed E-state index contributed by atoms with van der Waals surface area (Å²) in [6, 6.07) is 3.88. The van der Waals surface area contributed by atoms with Gasteiger partial charge in [0.25, 0.3) is 0 Å². The number of nitrogens with two attached hydrogens (primary N) is 1. The average molecular weight is 273 g/mol. The number of alkyl halides is 3. The van der Waals surface area contributed by atoms with Crippen molar-refractivity contribution in [1.29, 1.82) is 0 Å². The molecule has 19 heavy (non-hydrogen) atoms. The second-order valence-electron chi connectivity index (χ2n) is 5.67. The third-order valence-corrected chi connectivity index (χ3v) is 3.05. The maximum Gasteiger partial charge on any atom is 0.416 e. The molecule has 0 aromatic heterocycles. The lowest BCUT2D eigenvalue weighted by Crippen LogP contribution is -2.36. The molecule has 0 saturated carbocycles. The molecule has 0 bridgehead atoms. The molecule has 2 N–H and O–H groups in total. The largest absolute Gasteiger partial charge is 0.416 e. The highest BCUT2D eigenvalue weighted by Gasteiger charge is 2.30. The molecule has 0 radical (unpaired) electrons. The Morgan fingerprint density at radius 3 is 2.00 bits per heavy atom. The molecule has 0 saturated heterocycles. The first kappa shape index (κ1) is 15.7. The van der Waals surface area contributed by atoms with E-state index in [9.17, 15) is 18.0 Å². The minimum Gasteiger partial charge on any atom is -0.327 e. The summed E-state index contributed by atoms with van der Waals surface area (Å²) in [5.41, 5.74) is 5.16. The zero-order valence-electron chi connectivity index (χ0n) is 11.2. The van der Waals surface area contributed by atoms with Crippen LogP contribution in [0.5, 0.6) is 0 Å². The first-order valence-electron chi connectivity index (χ1n) is 5.98. The molecule has 0 amide bonds. The molecule has 1 atom stereocenters. The Balaban J connectivity index is 2.80. The molecular formula is C14H18F3NO. The lowest BCUT2D eigenvalue weighted by molar-refractivity contribution is -0.137. The molecule has 5 heteroatoms. The van der Waals surface area contributed by atoms with Crippen molar-refractivity contribution in [3.8, 4) is 0 Å². The van der Waals surface area contributed by atoms with Crippen molar-refractivity contribution >= 4 is 5.78 Å². The SMILES string of the molecule is CC(C)(C)C(N)CC(=O)c1ccc(C(F)(F)F)cc1. The second-order valence-corrected chi connectivity index (χ2v) is 5.67. The Hall–Kier alpha value is -1.36. The molecule has 1 aromatic carbocycles. The van der Waals surface area contributed by atoms with Crippen molar-refractivity contribution in [2.45, 2.75) is 39.4 Å². The van der Waals surface area contributed by atoms with Gasteiger partial charge in [-0.05, 0) is 17.5 Å². The lowest BCUT2D eigenvalue weighted by atomic mass is 9.83. The van der Waals surface area contributed by atoms with Crippen molar-refractivity contribution < 1.29 is 18.0 Å². The smallest absolute Gasteiger partial charge is 0.327 e. The third kappa shape index (κ3) is 4.35. The fraction of sp³-hybridized carbons (Fsp3) is 0.500. The van der Waals surface area contributed by atoms with Gasteiger partial charge in [-0.2, -0.15) is 13.2 Å². The lowest BCUT2D eigenvalue weighted by Gasteiger charge is -2.26.